The predicted molar refractivity (Wildman–Crippen MR) is 125 cm³/mol. The van der Waals surface area contributed by atoms with Crippen molar-refractivity contribution < 1.29 is 4.79 Å². The average molecular weight is 395 g/mol. The van der Waals surface area contributed by atoms with Crippen molar-refractivity contribution in [3.05, 3.63) is 0 Å². The molecule has 0 radical (unpaired) electrons. The molecule has 0 unspecified atom stereocenters. The van der Waals surface area contributed by atoms with E-state index < -0.39 is 14.1 Å². The molecule has 0 aliphatic rings. The first-order valence-corrected chi connectivity index (χ1v) is 15.2. The summed E-state index contributed by atoms with van der Waals surface area (Å²) in [4.78, 5) is 10.5. The van der Waals surface area contributed by atoms with Gasteiger partial charge in [0.2, 0.25) is 0 Å². The van der Waals surface area contributed by atoms with E-state index in [2.05, 4.69) is 13.8 Å². The van der Waals surface area contributed by atoms with Crippen molar-refractivity contribution in [1.29, 1.82) is 0 Å². The molecular formula is C25H51AlO. The second kappa shape index (κ2) is 24.2. The number of carbonyl (C=O) groups is 1. The molecule has 27 heavy (non-hydrogen) atoms. The molecule has 0 heterocycles. The zero-order valence-corrected chi connectivity index (χ0v) is 20.3. The summed E-state index contributed by atoms with van der Waals surface area (Å²) in [5, 5.41) is 4.65. The molecule has 0 saturated heterocycles. The summed E-state index contributed by atoms with van der Waals surface area (Å²) in [5.41, 5.74) is 0. The third-order valence-electron chi connectivity index (χ3n) is 6.12. The molecule has 0 atom stereocenters. The second-order valence-electron chi connectivity index (χ2n) is 8.84. The molecule has 1 nitrogen and oxygen atoms in total. The smallest absolute Gasteiger partial charge is 0.261 e. The van der Waals surface area contributed by atoms with Gasteiger partial charge in [-0.15, -0.1) is 0 Å². The van der Waals surface area contributed by atoms with E-state index in [1.165, 1.54) is 114 Å². The molecule has 0 rings (SSSR count). The van der Waals surface area contributed by atoms with Crippen LogP contribution in [0.25, 0.3) is 0 Å². The van der Waals surface area contributed by atoms with Crippen molar-refractivity contribution in [2.75, 3.05) is 0 Å². The van der Waals surface area contributed by atoms with Crippen LogP contribution in [0.3, 0.4) is 0 Å². The van der Waals surface area contributed by atoms with Crippen LogP contribution in [-0.2, 0) is 4.79 Å². The molecule has 0 saturated carbocycles. The van der Waals surface area contributed by atoms with Gasteiger partial charge in [-0.2, -0.15) is 0 Å². The van der Waals surface area contributed by atoms with Gasteiger partial charge in [0.15, 0.2) is 0 Å². The van der Waals surface area contributed by atoms with Crippen LogP contribution < -0.4 is 0 Å². The Kier molecular flexibility index (Phi) is 24.4. The number of carbonyl (C=O) groups excluding carboxylic acids is 1. The average Bonchev–Trinajstić information content (AvgIpc) is 2.68. The van der Waals surface area contributed by atoms with Crippen molar-refractivity contribution in [2.45, 2.75) is 152 Å². The first kappa shape index (κ1) is 27.2. The van der Waals surface area contributed by atoms with Crippen molar-refractivity contribution >= 4 is 20.4 Å². The summed E-state index contributed by atoms with van der Waals surface area (Å²) in [7, 11) is 0. The minimum atomic E-state index is -0.532. The maximum Gasteiger partial charge on any atom is 0.261 e. The zero-order valence-electron chi connectivity index (χ0n) is 19.1. The molecule has 0 spiro atoms. The van der Waals surface area contributed by atoms with Crippen LogP contribution in [0, 0.1) is 0 Å². The Morgan fingerprint density at radius 2 is 0.815 bits per heavy atom. The Labute approximate surface area is 176 Å². The lowest BCUT2D eigenvalue weighted by Gasteiger charge is -2.12. The van der Waals surface area contributed by atoms with Crippen LogP contribution in [-0.4, -0.2) is 20.4 Å². The van der Waals surface area contributed by atoms with E-state index >= 15 is 0 Å². The van der Waals surface area contributed by atoms with Gasteiger partial charge in [-0.3, -0.25) is 0 Å². The molecule has 0 bridgehead atoms. The van der Waals surface area contributed by atoms with Gasteiger partial charge in [0.25, 0.3) is 14.1 Å². The third-order valence-corrected chi connectivity index (χ3v) is 9.79. The Morgan fingerprint density at radius 1 is 0.481 bits per heavy atom. The third kappa shape index (κ3) is 22.4. The lowest BCUT2D eigenvalue weighted by atomic mass is 10.1. The molecule has 0 fully saturated rings. The fourth-order valence-corrected chi connectivity index (χ4v) is 7.69. The van der Waals surface area contributed by atoms with Crippen LogP contribution in [0.1, 0.15) is 136 Å². The molecule has 0 aliphatic carbocycles. The maximum atomic E-state index is 10.5. The molecule has 0 aromatic carbocycles. The van der Waals surface area contributed by atoms with Crippen molar-refractivity contribution in [3.63, 3.8) is 0 Å². The minimum absolute atomic E-state index is 0.532. The fraction of sp³-hybridized carbons (Fsp3) is 0.960. The van der Waals surface area contributed by atoms with Gasteiger partial charge < -0.3 is 4.79 Å². The van der Waals surface area contributed by atoms with Gasteiger partial charge in [-0.1, -0.05) is 139 Å². The van der Waals surface area contributed by atoms with Gasteiger partial charge in [-0.05, 0) is 6.42 Å². The van der Waals surface area contributed by atoms with Crippen molar-refractivity contribution in [2.24, 2.45) is 0 Å². The highest BCUT2D eigenvalue weighted by molar-refractivity contribution is 6.58. The Balaban J connectivity index is 3.72. The normalized spacial score (nSPS) is 11.0. The Bertz CT molecular complexity index is 259. The van der Waals surface area contributed by atoms with Gasteiger partial charge in [0.1, 0.15) is 6.29 Å². The number of hydrogen-bond donors (Lipinski definition) is 0. The minimum Gasteiger partial charge on any atom is -0.303 e. The molecule has 2 heteroatoms. The standard InChI is InChI=1S/2C10H21.C5H9O.Al/c2*1-3-5-7-9-10-8-6-4-2;1-2-3-4-5-6;/h2*1,3-10H2,2H3;5H,1-4H2;. The largest absolute Gasteiger partial charge is 0.303 e. The predicted octanol–water partition coefficient (Wildman–Crippen LogP) is 9.13. The SMILES string of the molecule is CCCCCCCCC[CH2][Al]([CH2]CCCC=O)[CH2]CCCCCCCCC. The number of unbranched alkanes of at least 4 members (excludes halogenated alkanes) is 16. The lowest BCUT2D eigenvalue weighted by Crippen LogP contribution is -2.12. The molecule has 0 amide bonds. The summed E-state index contributed by atoms with van der Waals surface area (Å²) in [6.45, 7) is 4.60. The fourth-order valence-electron chi connectivity index (χ4n) is 4.23. The molecule has 0 aromatic heterocycles. The van der Waals surface area contributed by atoms with Crippen molar-refractivity contribution in [3.8, 4) is 0 Å². The summed E-state index contributed by atoms with van der Waals surface area (Å²) >= 11 is -0.532. The van der Waals surface area contributed by atoms with Gasteiger partial charge in [0, 0.05) is 6.42 Å². The second-order valence-corrected chi connectivity index (χ2v) is 12.3. The van der Waals surface area contributed by atoms with E-state index in [9.17, 15) is 4.79 Å². The van der Waals surface area contributed by atoms with Gasteiger partial charge in [0.05, 0.1) is 0 Å². The highest BCUT2D eigenvalue weighted by Crippen LogP contribution is 2.20. The van der Waals surface area contributed by atoms with Crippen LogP contribution >= 0.6 is 0 Å². The molecule has 0 aliphatic heterocycles. The number of aldehydes is 1. The monoisotopic (exact) mass is 394 g/mol. The van der Waals surface area contributed by atoms with E-state index in [0.29, 0.717) is 0 Å². The highest BCUT2D eigenvalue weighted by atomic mass is 27.2. The van der Waals surface area contributed by atoms with Crippen LogP contribution in [0.15, 0.2) is 0 Å². The van der Waals surface area contributed by atoms with E-state index in [4.69, 9.17) is 0 Å². The van der Waals surface area contributed by atoms with Crippen LogP contribution in [0.4, 0.5) is 0 Å². The van der Waals surface area contributed by atoms with Crippen LogP contribution in [0.5, 0.6) is 0 Å². The molecule has 0 N–H and O–H groups in total. The van der Waals surface area contributed by atoms with Gasteiger partial charge >= 0.3 is 0 Å². The van der Waals surface area contributed by atoms with E-state index in [1.54, 1.807) is 10.6 Å². The highest BCUT2D eigenvalue weighted by Gasteiger charge is 2.15. The number of rotatable bonds is 23. The summed E-state index contributed by atoms with van der Waals surface area (Å²) < 4.78 is 0. The molecule has 0 aromatic rings. The maximum absolute atomic E-state index is 10.5. The summed E-state index contributed by atoms with van der Waals surface area (Å²) in [6.07, 6.45) is 27.5. The summed E-state index contributed by atoms with van der Waals surface area (Å²) in [6, 6.07) is 0. The van der Waals surface area contributed by atoms with Crippen LogP contribution in [0.2, 0.25) is 15.8 Å². The summed E-state index contributed by atoms with van der Waals surface area (Å²) in [5.74, 6) is 0. The first-order chi connectivity index (χ1) is 13.3. The topological polar surface area (TPSA) is 17.1 Å². The Hall–Kier alpha value is 0.202. The van der Waals surface area contributed by atoms with Gasteiger partial charge in [-0.25, -0.2) is 0 Å². The lowest BCUT2D eigenvalue weighted by molar-refractivity contribution is -0.107. The van der Waals surface area contributed by atoms with Crippen molar-refractivity contribution in [1.82, 2.24) is 0 Å². The van der Waals surface area contributed by atoms with E-state index in [1.807, 2.05) is 0 Å². The number of hydrogen-bond acceptors (Lipinski definition) is 1. The molecular weight excluding hydrogens is 343 g/mol. The zero-order chi connectivity index (χ0) is 19.8. The van der Waals surface area contributed by atoms with E-state index in [0.717, 1.165) is 19.1 Å². The molecule has 160 valence electrons. The first-order valence-electron chi connectivity index (χ1n) is 12.8. The quantitative estimate of drug-likeness (QED) is 0.0959. The van der Waals surface area contributed by atoms with E-state index in [-0.39, 0.29) is 0 Å². The Morgan fingerprint density at radius 3 is 1.19 bits per heavy atom.